The van der Waals surface area contributed by atoms with Gasteiger partial charge in [0.15, 0.2) is 6.10 Å². The van der Waals surface area contributed by atoms with Gasteiger partial charge in [0.05, 0.1) is 0 Å². The number of rotatable bonds is 5. The zero-order chi connectivity index (χ0) is 14.3. The van der Waals surface area contributed by atoms with Gasteiger partial charge < -0.3 is 9.47 Å². The average molecular weight is 331 g/mol. The molecule has 1 aromatic rings. The topological polar surface area (TPSA) is 76.7 Å². The number of halogens is 1. The highest BCUT2D eigenvalue weighted by atomic mass is 79.9. The highest BCUT2D eigenvalue weighted by Gasteiger charge is 2.15. The second kappa shape index (κ2) is 7.75. The summed E-state index contributed by atoms with van der Waals surface area (Å²) in [5, 5.41) is 0. The Morgan fingerprint density at radius 2 is 2.11 bits per heavy atom. The van der Waals surface area contributed by atoms with Gasteiger partial charge in [-0.15, -0.1) is 0 Å². The van der Waals surface area contributed by atoms with E-state index in [-0.39, 0.29) is 6.61 Å². The minimum absolute atomic E-state index is 0.124. The fraction of sp³-hybridized carbons (Fsp3) is 0.333. The van der Waals surface area contributed by atoms with Gasteiger partial charge in [-0.2, -0.15) is 0 Å². The SMILES string of the molecule is COCC(=O)NNC(=O)C(C)Oc1cccc(Br)c1. The fourth-order valence-electron chi connectivity index (χ4n) is 1.20. The molecule has 6 nitrogen and oxygen atoms in total. The summed E-state index contributed by atoms with van der Waals surface area (Å²) in [6.45, 7) is 1.46. The van der Waals surface area contributed by atoms with Crippen LogP contribution >= 0.6 is 15.9 Å². The summed E-state index contributed by atoms with van der Waals surface area (Å²) in [6.07, 6.45) is -0.739. The van der Waals surface area contributed by atoms with Gasteiger partial charge in [0.1, 0.15) is 12.4 Å². The Balaban J connectivity index is 2.42. The van der Waals surface area contributed by atoms with Crippen molar-refractivity contribution in [1.82, 2.24) is 10.9 Å². The van der Waals surface area contributed by atoms with Crippen LogP contribution in [-0.2, 0) is 14.3 Å². The smallest absolute Gasteiger partial charge is 0.279 e. The van der Waals surface area contributed by atoms with E-state index >= 15 is 0 Å². The van der Waals surface area contributed by atoms with Gasteiger partial charge in [0.2, 0.25) is 0 Å². The van der Waals surface area contributed by atoms with Gasteiger partial charge in [0, 0.05) is 11.6 Å². The van der Waals surface area contributed by atoms with Crippen LogP contribution in [-0.4, -0.2) is 31.6 Å². The van der Waals surface area contributed by atoms with Gasteiger partial charge in [-0.1, -0.05) is 22.0 Å². The normalized spacial score (nSPS) is 11.5. The number of methoxy groups -OCH3 is 1. The summed E-state index contributed by atoms with van der Waals surface area (Å²) in [4.78, 5) is 22.7. The maximum Gasteiger partial charge on any atom is 0.279 e. The molecule has 0 saturated heterocycles. The lowest BCUT2D eigenvalue weighted by Gasteiger charge is -2.15. The first-order valence-electron chi connectivity index (χ1n) is 5.52. The van der Waals surface area contributed by atoms with Crippen LogP contribution in [0.2, 0.25) is 0 Å². The van der Waals surface area contributed by atoms with Crippen molar-refractivity contribution >= 4 is 27.7 Å². The van der Waals surface area contributed by atoms with Crippen molar-refractivity contribution in [3.63, 3.8) is 0 Å². The quantitative estimate of drug-likeness (QED) is 0.790. The van der Waals surface area contributed by atoms with E-state index in [1.54, 1.807) is 25.1 Å². The van der Waals surface area contributed by atoms with Crippen LogP contribution < -0.4 is 15.6 Å². The number of carbonyl (C=O) groups excluding carboxylic acids is 2. The number of carbonyl (C=O) groups is 2. The van der Waals surface area contributed by atoms with Gasteiger partial charge >= 0.3 is 0 Å². The van der Waals surface area contributed by atoms with E-state index in [1.807, 2.05) is 6.07 Å². The molecule has 2 N–H and O–H groups in total. The van der Waals surface area contributed by atoms with Gasteiger partial charge in [0.25, 0.3) is 11.8 Å². The van der Waals surface area contributed by atoms with E-state index in [0.29, 0.717) is 5.75 Å². The lowest BCUT2D eigenvalue weighted by Crippen LogP contribution is -2.48. The number of hydrazine groups is 1. The molecule has 0 radical (unpaired) electrons. The Kier molecular flexibility index (Phi) is 6.31. The standard InChI is InChI=1S/C12H15BrN2O4/c1-8(12(17)15-14-11(16)7-18-2)19-10-5-3-4-9(13)6-10/h3-6,8H,7H2,1-2H3,(H,14,16)(H,15,17). The first-order valence-corrected chi connectivity index (χ1v) is 6.32. The molecule has 0 spiro atoms. The van der Waals surface area contributed by atoms with Crippen LogP contribution in [0.5, 0.6) is 5.75 Å². The molecule has 0 heterocycles. The monoisotopic (exact) mass is 330 g/mol. The Hall–Kier alpha value is -1.60. The number of amides is 2. The van der Waals surface area contributed by atoms with E-state index in [2.05, 4.69) is 31.5 Å². The summed E-state index contributed by atoms with van der Waals surface area (Å²) in [5.41, 5.74) is 4.46. The molecule has 0 aliphatic heterocycles. The fourth-order valence-corrected chi connectivity index (χ4v) is 1.58. The Bertz CT molecular complexity index is 453. The zero-order valence-electron chi connectivity index (χ0n) is 10.6. The summed E-state index contributed by atoms with van der Waals surface area (Å²) in [7, 11) is 1.39. The predicted octanol–water partition coefficient (Wildman–Crippen LogP) is 1.01. The maximum absolute atomic E-state index is 11.6. The minimum atomic E-state index is -0.739. The third-order valence-electron chi connectivity index (χ3n) is 2.08. The number of nitrogens with one attached hydrogen (secondary N) is 2. The molecule has 0 aliphatic carbocycles. The van der Waals surface area contributed by atoms with Crippen molar-refractivity contribution in [3.8, 4) is 5.75 Å². The zero-order valence-corrected chi connectivity index (χ0v) is 12.2. The van der Waals surface area contributed by atoms with Crippen LogP contribution in [0.15, 0.2) is 28.7 Å². The van der Waals surface area contributed by atoms with Crippen molar-refractivity contribution in [3.05, 3.63) is 28.7 Å². The summed E-state index contributed by atoms with van der Waals surface area (Å²) in [6, 6.07) is 7.12. The van der Waals surface area contributed by atoms with E-state index in [4.69, 9.17) is 4.74 Å². The molecule has 2 amide bonds. The van der Waals surface area contributed by atoms with Crippen LogP contribution in [0.3, 0.4) is 0 Å². The Morgan fingerprint density at radius 1 is 1.37 bits per heavy atom. The molecule has 0 aliphatic rings. The van der Waals surface area contributed by atoms with Crippen molar-refractivity contribution in [1.29, 1.82) is 0 Å². The minimum Gasteiger partial charge on any atom is -0.481 e. The van der Waals surface area contributed by atoms with Crippen LogP contribution in [0.4, 0.5) is 0 Å². The van der Waals surface area contributed by atoms with Crippen molar-refractivity contribution < 1.29 is 19.1 Å². The molecule has 104 valence electrons. The Labute approximate surface area is 119 Å². The predicted molar refractivity (Wildman–Crippen MR) is 72.4 cm³/mol. The number of ether oxygens (including phenoxy) is 2. The molecule has 0 aromatic heterocycles. The van der Waals surface area contributed by atoms with Gasteiger partial charge in [-0.05, 0) is 25.1 Å². The molecular weight excluding hydrogens is 316 g/mol. The molecule has 0 saturated carbocycles. The molecule has 0 fully saturated rings. The third-order valence-corrected chi connectivity index (χ3v) is 2.57. The molecule has 0 bridgehead atoms. The highest BCUT2D eigenvalue weighted by Crippen LogP contribution is 2.18. The lowest BCUT2D eigenvalue weighted by atomic mass is 10.3. The summed E-state index contributed by atoms with van der Waals surface area (Å²) in [5.74, 6) is -0.338. The van der Waals surface area contributed by atoms with Crippen molar-refractivity contribution in [2.24, 2.45) is 0 Å². The largest absolute Gasteiger partial charge is 0.481 e. The van der Waals surface area contributed by atoms with Crippen LogP contribution in [0.1, 0.15) is 6.92 Å². The second-order valence-electron chi connectivity index (χ2n) is 3.69. The molecule has 1 rings (SSSR count). The third kappa shape index (κ3) is 5.71. The first-order chi connectivity index (χ1) is 9.02. The number of benzene rings is 1. The van der Waals surface area contributed by atoms with Crippen molar-refractivity contribution in [2.75, 3.05) is 13.7 Å². The molecule has 1 aromatic carbocycles. The lowest BCUT2D eigenvalue weighted by molar-refractivity contribution is -0.134. The average Bonchev–Trinajstić information content (AvgIpc) is 2.36. The van der Waals surface area contributed by atoms with E-state index in [1.165, 1.54) is 7.11 Å². The van der Waals surface area contributed by atoms with Gasteiger partial charge in [-0.25, -0.2) is 0 Å². The number of hydrogen-bond donors (Lipinski definition) is 2. The molecule has 7 heteroatoms. The summed E-state index contributed by atoms with van der Waals surface area (Å²) < 4.78 is 10.9. The summed E-state index contributed by atoms with van der Waals surface area (Å²) >= 11 is 3.30. The van der Waals surface area contributed by atoms with E-state index in [0.717, 1.165) is 4.47 Å². The van der Waals surface area contributed by atoms with Crippen LogP contribution in [0, 0.1) is 0 Å². The molecule has 1 atom stereocenters. The molecular formula is C12H15BrN2O4. The van der Waals surface area contributed by atoms with Crippen LogP contribution in [0.25, 0.3) is 0 Å². The first kappa shape index (κ1) is 15.5. The molecule has 1 unspecified atom stereocenters. The highest BCUT2D eigenvalue weighted by molar-refractivity contribution is 9.10. The second-order valence-corrected chi connectivity index (χ2v) is 4.60. The Morgan fingerprint density at radius 3 is 2.74 bits per heavy atom. The van der Waals surface area contributed by atoms with Crippen molar-refractivity contribution in [2.45, 2.75) is 13.0 Å². The number of hydrogen-bond acceptors (Lipinski definition) is 4. The van der Waals surface area contributed by atoms with E-state index < -0.39 is 17.9 Å². The maximum atomic E-state index is 11.6. The van der Waals surface area contributed by atoms with E-state index in [9.17, 15) is 9.59 Å². The molecule has 19 heavy (non-hydrogen) atoms. The van der Waals surface area contributed by atoms with Gasteiger partial charge in [-0.3, -0.25) is 20.4 Å².